The lowest BCUT2D eigenvalue weighted by atomic mass is 10.1. The number of nitrogens with two attached hydrogens (primary N) is 1. The summed E-state index contributed by atoms with van der Waals surface area (Å²) in [6.07, 6.45) is 3.73. The van der Waals surface area contributed by atoms with E-state index in [1.807, 2.05) is 28.7 Å². The van der Waals surface area contributed by atoms with Crippen molar-refractivity contribution in [3.05, 3.63) is 24.2 Å². The Morgan fingerprint density at radius 1 is 1.37 bits per heavy atom. The Kier molecular flexibility index (Phi) is 3.78. The highest BCUT2D eigenvalue weighted by Gasteiger charge is 2.17. The fourth-order valence-electron chi connectivity index (χ4n) is 2.13. The van der Waals surface area contributed by atoms with Crippen molar-refractivity contribution in [1.29, 1.82) is 0 Å². The molecule has 0 amide bonds. The van der Waals surface area contributed by atoms with Crippen molar-refractivity contribution in [3.8, 4) is 0 Å². The minimum absolute atomic E-state index is 0.220. The van der Waals surface area contributed by atoms with Crippen molar-refractivity contribution in [3.63, 3.8) is 0 Å². The summed E-state index contributed by atoms with van der Waals surface area (Å²) in [5.41, 5.74) is 7.84. The van der Waals surface area contributed by atoms with Crippen LogP contribution in [0.25, 0.3) is 0 Å². The van der Waals surface area contributed by atoms with Gasteiger partial charge in [0.05, 0.1) is 17.9 Å². The van der Waals surface area contributed by atoms with Crippen LogP contribution >= 0.6 is 0 Å². The number of rotatable bonds is 5. The SMILES string of the molecule is CC(Cn1cccn1)Nc1c(N)c(C(C)C)nn1C. The van der Waals surface area contributed by atoms with E-state index < -0.39 is 0 Å². The number of nitrogens with zero attached hydrogens (tertiary/aromatic N) is 4. The van der Waals surface area contributed by atoms with Crippen LogP contribution < -0.4 is 11.1 Å². The number of anilines is 2. The van der Waals surface area contributed by atoms with E-state index in [0.717, 1.165) is 23.7 Å². The zero-order chi connectivity index (χ0) is 14.0. The van der Waals surface area contributed by atoms with Crippen LogP contribution in [0.3, 0.4) is 0 Å². The maximum Gasteiger partial charge on any atom is 0.148 e. The van der Waals surface area contributed by atoms with Crippen molar-refractivity contribution < 1.29 is 0 Å². The average molecular weight is 262 g/mol. The molecule has 0 radical (unpaired) electrons. The fraction of sp³-hybridized carbons (Fsp3) is 0.538. The van der Waals surface area contributed by atoms with Crippen molar-refractivity contribution in [2.45, 2.75) is 39.3 Å². The van der Waals surface area contributed by atoms with Gasteiger partial charge in [-0.25, -0.2) is 0 Å². The first-order chi connectivity index (χ1) is 8.99. The maximum atomic E-state index is 6.16. The van der Waals surface area contributed by atoms with Crippen molar-refractivity contribution in [1.82, 2.24) is 19.6 Å². The lowest BCUT2D eigenvalue weighted by Crippen LogP contribution is -2.24. The minimum Gasteiger partial charge on any atom is -0.394 e. The molecule has 1 atom stereocenters. The summed E-state index contributed by atoms with van der Waals surface area (Å²) in [6, 6.07) is 2.14. The third-order valence-corrected chi connectivity index (χ3v) is 3.06. The van der Waals surface area contributed by atoms with Crippen molar-refractivity contribution in [2.24, 2.45) is 7.05 Å². The number of nitrogens with one attached hydrogen (secondary N) is 1. The first kappa shape index (κ1) is 13.5. The Labute approximate surface area is 113 Å². The first-order valence-electron chi connectivity index (χ1n) is 6.55. The van der Waals surface area contributed by atoms with E-state index >= 15 is 0 Å². The molecular formula is C13H22N6. The summed E-state index contributed by atoms with van der Waals surface area (Å²) in [5, 5.41) is 12.1. The van der Waals surface area contributed by atoms with Crippen molar-refractivity contribution >= 4 is 11.5 Å². The van der Waals surface area contributed by atoms with Crippen LogP contribution in [0.15, 0.2) is 18.5 Å². The number of hydrogen-bond acceptors (Lipinski definition) is 4. The Morgan fingerprint density at radius 3 is 2.63 bits per heavy atom. The second-order valence-electron chi connectivity index (χ2n) is 5.20. The van der Waals surface area contributed by atoms with Gasteiger partial charge in [-0.2, -0.15) is 10.2 Å². The number of aryl methyl sites for hydroxylation is 1. The summed E-state index contributed by atoms with van der Waals surface area (Å²) in [7, 11) is 1.91. The molecule has 0 spiro atoms. The maximum absolute atomic E-state index is 6.16. The second kappa shape index (κ2) is 5.34. The molecule has 0 aromatic carbocycles. The van der Waals surface area contributed by atoms with Gasteiger partial charge in [0, 0.05) is 25.5 Å². The third-order valence-electron chi connectivity index (χ3n) is 3.06. The highest BCUT2D eigenvalue weighted by atomic mass is 15.3. The molecule has 19 heavy (non-hydrogen) atoms. The predicted molar refractivity (Wildman–Crippen MR) is 77.0 cm³/mol. The van der Waals surface area contributed by atoms with Crippen LogP contribution in [0, 0.1) is 0 Å². The molecule has 1 unspecified atom stereocenters. The zero-order valence-corrected chi connectivity index (χ0v) is 12.0. The van der Waals surface area contributed by atoms with E-state index in [4.69, 9.17) is 5.73 Å². The van der Waals surface area contributed by atoms with E-state index in [9.17, 15) is 0 Å². The number of aromatic nitrogens is 4. The Bertz CT molecular complexity index is 526. The second-order valence-corrected chi connectivity index (χ2v) is 5.20. The summed E-state index contributed by atoms with van der Waals surface area (Å²) >= 11 is 0. The van der Waals surface area contributed by atoms with Gasteiger partial charge in [-0.1, -0.05) is 13.8 Å². The van der Waals surface area contributed by atoms with E-state index in [2.05, 4.69) is 36.3 Å². The molecule has 2 heterocycles. The predicted octanol–water partition coefficient (Wildman–Crippen LogP) is 1.82. The van der Waals surface area contributed by atoms with E-state index in [1.54, 1.807) is 6.20 Å². The van der Waals surface area contributed by atoms with E-state index in [-0.39, 0.29) is 6.04 Å². The third kappa shape index (κ3) is 2.89. The summed E-state index contributed by atoms with van der Waals surface area (Å²) in [6.45, 7) is 7.07. The molecule has 0 saturated heterocycles. The molecule has 2 rings (SSSR count). The van der Waals surface area contributed by atoms with Gasteiger partial charge in [0.25, 0.3) is 0 Å². The van der Waals surface area contributed by atoms with E-state index in [1.165, 1.54) is 0 Å². The molecule has 6 heteroatoms. The van der Waals surface area contributed by atoms with Gasteiger partial charge >= 0.3 is 0 Å². The smallest absolute Gasteiger partial charge is 0.148 e. The molecule has 0 bridgehead atoms. The van der Waals surface area contributed by atoms with Gasteiger partial charge in [0.15, 0.2) is 0 Å². The van der Waals surface area contributed by atoms with Crippen LogP contribution in [-0.4, -0.2) is 25.6 Å². The van der Waals surface area contributed by atoms with Gasteiger partial charge in [-0.3, -0.25) is 9.36 Å². The molecule has 3 N–H and O–H groups in total. The van der Waals surface area contributed by atoms with Gasteiger partial charge in [0.2, 0.25) is 0 Å². The molecule has 0 fully saturated rings. The topological polar surface area (TPSA) is 73.7 Å². The highest BCUT2D eigenvalue weighted by molar-refractivity contribution is 5.66. The number of hydrogen-bond donors (Lipinski definition) is 2. The minimum atomic E-state index is 0.220. The van der Waals surface area contributed by atoms with Crippen LogP contribution in [0.2, 0.25) is 0 Å². The molecule has 6 nitrogen and oxygen atoms in total. The lowest BCUT2D eigenvalue weighted by Gasteiger charge is -2.16. The zero-order valence-electron chi connectivity index (χ0n) is 12.0. The summed E-state index contributed by atoms with van der Waals surface area (Å²) in [5.74, 6) is 1.20. The molecular weight excluding hydrogens is 240 g/mol. The Balaban J connectivity index is 2.10. The largest absolute Gasteiger partial charge is 0.394 e. The molecule has 0 saturated carbocycles. The summed E-state index contributed by atoms with van der Waals surface area (Å²) in [4.78, 5) is 0. The van der Waals surface area contributed by atoms with Crippen molar-refractivity contribution in [2.75, 3.05) is 11.1 Å². The van der Waals surface area contributed by atoms with E-state index in [0.29, 0.717) is 5.92 Å². The number of nitrogen functional groups attached to an aromatic ring is 1. The standard InChI is InChI=1S/C13H22N6/c1-9(2)12-11(14)13(18(4)17-12)16-10(3)8-19-7-5-6-15-19/h5-7,9-10,16H,8,14H2,1-4H3. The Hall–Kier alpha value is -1.98. The van der Waals surface area contributed by atoms with Crippen LogP contribution in [0.1, 0.15) is 32.4 Å². The fourth-order valence-corrected chi connectivity index (χ4v) is 2.13. The average Bonchev–Trinajstić information content (AvgIpc) is 2.92. The quantitative estimate of drug-likeness (QED) is 0.862. The highest BCUT2D eigenvalue weighted by Crippen LogP contribution is 2.28. The molecule has 0 aliphatic rings. The first-order valence-corrected chi connectivity index (χ1v) is 6.55. The van der Waals surface area contributed by atoms with Gasteiger partial charge in [0.1, 0.15) is 5.82 Å². The molecule has 2 aromatic heterocycles. The molecule has 2 aromatic rings. The van der Waals surface area contributed by atoms with Gasteiger partial charge < -0.3 is 11.1 Å². The van der Waals surface area contributed by atoms with Crippen LogP contribution in [0.5, 0.6) is 0 Å². The van der Waals surface area contributed by atoms with Crippen LogP contribution in [-0.2, 0) is 13.6 Å². The molecule has 104 valence electrons. The lowest BCUT2D eigenvalue weighted by molar-refractivity contribution is 0.556. The van der Waals surface area contributed by atoms with Crippen LogP contribution in [0.4, 0.5) is 11.5 Å². The Morgan fingerprint density at radius 2 is 2.11 bits per heavy atom. The normalized spacial score (nSPS) is 12.9. The monoisotopic (exact) mass is 262 g/mol. The molecule has 0 aliphatic heterocycles. The van der Waals surface area contributed by atoms with Gasteiger partial charge in [-0.15, -0.1) is 0 Å². The summed E-state index contributed by atoms with van der Waals surface area (Å²) < 4.78 is 3.71. The van der Waals surface area contributed by atoms with Gasteiger partial charge in [-0.05, 0) is 18.9 Å². The molecule has 0 aliphatic carbocycles.